The molecule has 6 rings (SSSR count). The van der Waals surface area contributed by atoms with Crippen LogP contribution in [0.4, 0.5) is 17.1 Å². The Morgan fingerprint density at radius 1 is 0.771 bits per heavy atom. The van der Waals surface area contributed by atoms with Crippen molar-refractivity contribution in [1.82, 2.24) is 4.57 Å². The van der Waals surface area contributed by atoms with Crippen LogP contribution in [0, 0.1) is 5.92 Å². The van der Waals surface area contributed by atoms with E-state index in [1.54, 1.807) is 30.3 Å². The summed E-state index contributed by atoms with van der Waals surface area (Å²) in [5, 5.41) is 6.04. The third kappa shape index (κ3) is 6.47. The highest BCUT2D eigenvalue weighted by Crippen LogP contribution is 2.41. The van der Waals surface area contributed by atoms with Crippen molar-refractivity contribution in [3.05, 3.63) is 106 Å². The molecule has 1 aromatic heterocycles. The van der Waals surface area contributed by atoms with Gasteiger partial charge in [0.2, 0.25) is 5.75 Å². The van der Waals surface area contributed by atoms with Crippen LogP contribution in [0.5, 0.6) is 17.2 Å². The van der Waals surface area contributed by atoms with Gasteiger partial charge in [-0.25, -0.2) is 0 Å². The number of piperidine rings is 1. The normalized spacial score (nSPS) is 16.8. The number of benzene rings is 3. The molecule has 0 radical (unpaired) electrons. The van der Waals surface area contributed by atoms with Gasteiger partial charge in [0.05, 0.1) is 32.7 Å². The number of methoxy groups -OCH3 is 3. The van der Waals surface area contributed by atoms with E-state index in [0.29, 0.717) is 52.8 Å². The maximum Gasteiger partial charge on any atom is 0.255 e. The van der Waals surface area contributed by atoms with Gasteiger partial charge in [-0.1, -0.05) is 39.0 Å². The zero-order valence-corrected chi connectivity index (χ0v) is 28.3. The maximum atomic E-state index is 13.7. The number of rotatable bonds is 8. The van der Waals surface area contributed by atoms with Crippen LogP contribution in [-0.2, 0) is 12.0 Å². The SMILES string of the molecule is COc1cc(NC(=O)c2ccc(N3CC4CC(C3)c3cccc(=O)n3C4)c(NC(=O)c3ccc(C(C)(C)C)cc3)c2)cc(OC)c1OC. The molecule has 10 nitrogen and oxygen atoms in total. The number of hydrogen-bond acceptors (Lipinski definition) is 7. The minimum absolute atomic E-state index is 0.0311. The van der Waals surface area contributed by atoms with Crippen LogP contribution in [0.25, 0.3) is 0 Å². The second kappa shape index (κ2) is 13.1. The molecule has 2 amide bonds. The van der Waals surface area contributed by atoms with Gasteiger partial charge < -0.3 is 34.3 Å². The highest BCUT2D eigenvalue weighted by Gasteiger charge is 2.35. The van der Waals surface area contributed by atoms with Gasteiger partial charge in [0.25, 0.3) is 17.4 Å². The standard InChI is InChI=1S/C38H42N4O6/c1-38(2,3)27-13-10-24(11-14-27)36(44)40-29-17-25(37(45)39-28-18-32(46-4)35(48-6)33(19-28)47-5)12-15-31(29)41-20-23-16-26(22-41)30-8-7-9-34(43)42(30)21-23/h7-15,17-19,23,26H,16,20-22H2,1-6H3,(H,39,45)(H,40,44). The molecule has 3 aromatic carbocycles. The van der Waals surface area contributed by atoms with Crippen molar-refractivity contribution in [3.8, 4) is 17.2 Å². The smallest absolute Gasteiger partial charge is 0.255 e. The molecule has 2 atom stereocenters. The maximum absolute atomic E-state index is 13.7. The van der Waals surface area contributed by atoms with Crippen LogP contribution >= 0.6 is 0 Å². The summed E-state index contributed by atoms with van der Waals surface area (Å²) in [5.74, 6) is 1.04. The monoisotopic (exact) mass is 650 g/mol. The molecule has 2 N–H and O–H groups in total. The average Bonchev–Trinajstić information content (AvgIpc) is 3.07. The van der Waals surface area contributed by atoms with Gasteiger partial charge in [0.15, 0.2) is 11.5 Å². The lowest BCUT2D eigenvalue weighted by Gasteiger charge is -2.44. The summed E-state index contributed by atoms with van der Waals surface area (Å²) in [6.45, 7) is 8.44. The van der Waals surface area contributed by atoms with Gasteiger partial charge in [0, 0.05) is 66.3 Å². The summed E-state index contributed by atoms with van der Waals surface area (Å²) in [4.78, 5) is 42.2. The fourth-order valence-electron chi connectivity index (χ4n) is 6.82. The first kappa shape index (κ1) is 32.7. The molecule has 2 unspecified atom stereocenters. The van der Waals surface area contributed by atoms with E-state index >= 15 is 0 Å². The second-order valence-electron chi connectivity index (χ2n) is 13.5. The summed E-state index contributed by atoms with van der Waals surface area (Å²) in [6, 6.07) is 21.8. The summed E-state index contributed by atoms with van der Waals surface area (Å²) < 4.78 is 18.2. The van der Waals surface area contributed by atoms with Crippen LogP contribution in [0.2, 0.25) is 0 Å². The van der Waals surface area contributed by atoms with Crippen LogP contribution < -0.4 is 35.3 Å². The van der Waals surface area contributed by atoms with Gasteiger partial charge in [-0.2, -0.15) is 0 Å². The number of carbonyl (C=O) groups is 2. The molecule has 48 heavy (non-hydrogen) atoms. The van der Waals surface area contributed by atoms with Gasteiger partial charge >= 0.3 is 0 Å². The van der Waals surface area contributed by atoms with E-state index < -0.39 is 0 Å². The van der Waals surface area contributed by atoms with Crippen LogP contribution in [0.1, 0.15) is 65.1 Å². The zero-order valence-electron chi connectivity index (χ0n) is 28.3. The number of ether oxygens (including phenoxy) is 3. The Balaban J connectivity index is 1.33. The van der Waals surface area contributed by atoms with Gasteiger partial charge in [-0.05, 0) is 59.7 Å². The molecule has 3 heterocycles. The highest BCUT2D eigenvalue weighted by molar-refractivity contribution is 6.09. The van der Waals surface area contributed by atoms with Crippen molar-refractivity contribution in [2.75, 3.05) is 50.0 Å². The average molecular weight is 651 g/mol. The predicted molar refractivity (Wildman–Crippen MR) is 187 cm³/mol. The lowest BCUT2D eigenvalue weighted by atomic mass is 9.83. The molecule has 2 aliphatic rings. The van der Waals surface area contributed by atoms with Crippen molar-refractivity contribution < 1.29 is 23.8 Å². The number of nitrogens with one attached hydrogen (secondary N) is 2. The molecule has 2 bridgehead atoms. The number of aromatic nitrogens is 1. The minimum atomic E-state index is -0.371. The Labute approximate surface area is 280 Å². The summed E-state index contributed by atoms with van der Waals surface area (Å²) in [6.07, 6.45) is 0.997. The fourth-order valence-corrected chi connectivity index (χ4v) is 6.82. The van der Waals surface area contributed by atoms with Crippen LogP contribution in [0.15, 0.2) is 77.6 Å². The third-order valence-electron chi connectivity index (χ3n) is 9.26. The summed E-state index contributed by atoms with van der Waals surface area (Å²) in [5.41, 5.74) is 4.84. The Morgan fingerprint density at radius 3 is 2.08 bits per heavy atom. The fraction of sp³-hybridized carbons (Fsp3) is 0.342. The molecule has 4 aromatic rings. The topological polar surface area (TPSA) is 111 Å². The predicted octanol–water partition coefficient (Wildman–Crippen LogP) is 6.30. The van der Waals surface area contributed by atoms with E-state index in [-0.39, 0.29) is 34.6 Å². The lowest BCUT2D eigenvalue weighted by molar-refractivity contribution is 0.101. The molecule has 0 aliphatic carbocycles. The van der Waals surface area contributed by atoms with E-state index in [1.165, 1.54) is 21.3 Å². The molecule has 250 valence electrons. The van der Waals surface area contributed by atoms with E-state index in [2.05, 4.69) is 36.3 Å². The van der Waals surface area contributed by atoms with Crippen molar-refractivity contribution in [3.63, 3.8) is 0 Å². The van der Waals surface area contributed by atoms with Crippen molar-refractivity contribution in [1.29, 1.82) is 0 Å². The third-order valence-corrected chi connectivity index (χ3v) is 9.26. The summed E-state index contributed by atoms with van der Waals surface area (Å²) in [7, 11) is 4.54. The molecule has 10 heteroatoms. The highest BCUT2D eigenvalue weighted by atomic mass is 16.5. The first-order chi connectivity index (χ1) is 23.0. The summed E-state index contributed by atoms with van der Waals surface area (Å²) >= 11 is 0. The quantitative estimate of drug-likeness (QED) is 0.230. The Hall–Kier alpha value is -5.25. The van der Waals surface area contributed by atoms with E-state index in [1.807, 2.05) is 47.0 Å². The Morgan fingerprint density at radius 2 is 1.44 bits per heavy atom. The first-order valence-electron chi connectivity index (χ1n) is 16.1. The molecular weight excluding hydrogens is 608 g/mol. The number of amides is 2. The molecule has 2 aliphatic heterocycles. The van der Waals surface area contributed by atoms with Crippen molar-refractivity contribution in [2.24, 2.45) is 5.92 Å². The number of carbonyl (C=O) groups excluding carboxylic acids is 2. The molecule has 0 spiro atoms. The first-order valence-corrected chi connectivity index (χ1v) is 16.1. The molecule has 1 saturated heterocycles. The largest absolute Gasteiger partial charge is 0.493 e. The molecular formula is C38H42N4O6. The minimum Gasteiger partial charge on any atom is -0.493 e. The van der Waals surface area contributed by atoms with Gasteiger partial charge in [-0.3, -0.25) is 14.4 Å². The van der Waals surface area contributed by atoms with Gasteiger partial charge in [0.1, 0.15) is 0 Å². The molecule has 0 saturated carbocycles. The zero-order chi connectivity index (χ0) is 34.2. The lowest BCUT2D eigenvalue weighted by Crippen LogP contribution is -2.47. The Kier molecular flexibility index (Phi) is 8.92. The number of hydrogen-bond donors (Lipinski definition) is 2. The number of fused-ring (bicyclic) bond motifs is 4. The molecule has 1 fully saturated rings. The van der Waals surface area contributed by atoms with E-state index in [4.69, 9.17) is 14.2 Å². The van der Waals surface area contributed by atoms with E-state index in [0.717, 1.165) is 29.9 Å². The van der Waals surface area contributed by atoms with E-state index in [9.17, 15) is 14.4 Å². The van der Waals surface area contributed by atoms with Gasteiger partial charge in [-0.15, -0.1) is 0 Å². The second-order valence-corrected chi connectivity index (χ2v) is 13.5. The van der Waals surface area contributed by atoms with Crippen molar-refractivity contribution in [2.45, 2.75) is 45.1 Å². The number of nitrogens with zero attached hydrogens (tertiary/aromatic N) is 2. The number of pyridine rings is 1. The van der Waals surface area contributed by atoms with Crippen LogP contribution in [-0.4, -0.2) is 50.8 Å². The number of anilines is 3. The Bertz CT molecular complexity index is 1880. The van der Waals surface area contributed by atoms with Crippen LogP contribution in [0.3, 0.4) is 0 Å². The van der Waals surface area contributed by atoms with Crippen molar-refractivity contribution >= 4 is 28.9 Å².